The second kappa shape index (κ2) is 6.22. The zero-order valence-corrected chi connectivity index (χ0v) is 13.4. The molecule has 0 bridgehead atoms. The Morgan fingerprint density at radius 1 is 1.55 bits per heavy atom. The smallest absolute Gasteiger partial charge is 0.231 e. The maximum absolute atomic E-state index is 13.6. The number of aryl methyl sites for hydroxylation is 1. The third-order valence-corrected chi connectivity index (χ3v) is 4.75. The van der Waals surface area contributed by atoms with Crippen molar-refractivity contribution in [3.8, 4) is 0 Å². The number of carbonyl (C=O) groups is 1. The quantitative estimate of drug-likeness (QED) is 0.880. The lowest BCUT2D eigenvalue weighted by molar-refractivity contribution is -0.126. The molecule has 0 aliphatic carbocycles. The van der Waals surface area contributed by atoms with Crippen LogP contribution in [-0.4, -0.2) is 19.0 Å². The van der Waals surface area contributed by atoms with E-state index in [1.165, 1.54) is 6.07 Å². The number of nitrogens with one attached hydrogen (secondary N) is 2. The average molecular weight is 343 g/mol. The van der Waals surface area contributed by atoms with Crippen molar-refractivity contribution in [2.24, 2.45) is 5.41 Å². The van der Waals surface area contributed by atoms with Crippen molar-refractivity contribution in [1.82, 2.24) is 5.32 Å². The van der Waals surface area contributed by atoms with Crippen LogP contribution >= 0.6 is 15.9 Å². The van der Waals surface area contributed by atoms with E-state index in [-0.39, 0.29) is 17.1 Å². The van der Waals surface area contributed by atoms with E-state index in [2.05, 4.69) is 26.6 Å². The van der Waals surface area contributed by atoms with Gasteiger partial charge in [0.1, 0.15) is 5.82 Å². The van der Waals surface area contributed by atoms with Gasteiger partial charge in [0.05, 0.1) is 9.89 Å². The van der Waals surface area contributed by atoms with Crippen molar-refractivity contribution in [3.05, 3.63) is 28.0 Å². The predicted molar refractivity (Wildman–Crippen MR) is 82.3 cm³/mol. The summed E-state index contributed by atoms with van der Waals surface area (Å²) in [5.74, 6) is -0.379. The molecule has 0 saturated carbocycles. The van der Waals surface area contributed by atoms with E-state index >= 15 is 0 Å². The van der Waals surface area contributed by atoms with E-state index in [0.717, 1.165) is 31.4 Å². The lowest BCUT2D eigenvalue weighted by Crippen LogP contribution is -2.47. The van der Waals surface area contributed by atoms with E-state index in [4.69, 9.17) is 0 Å². The number of hydrogen-bond acceptors (Lipinski definition) is 2. The van der Waals surface area contributed by atoms with E-state index in [1.807, 2.05) is 13.8 Å². The number of carbonyl (C=O) groups excluding carboxylic acids is 1. The van der Waals surface area contributed by atoms with Crippen molar-refractivity contribution in [2.75, 3.05) is 18.4 Å². The number of rotatable bonds is 3. The van der Waals surface area contributed by atoms with Crippen molar-refractivity contribution in [2.45, 2.75) is 33.1 Å². The van der Waals surface area contributed by atoms with Crippen LogP contribution in [0.3, 0.4) is 0 Å². The molecule has 1 heterocycles. The van der Waals surface area contributed by atoms with Crippen LogP contribution in [0.4, 0.5) is 10.1 Å². The Morgan fingerprint density at radius 3 is 2.90 bits per heavy atom. The molecule has 5 heteroatoms. The van der Waals surface area contributed by atoms with Gasteiger partial charge in [-0.15, -0.1) is 0 Å². The van der Waals surface area contributed by atoms with Gasteiger partial charge in [0, 0.05) is 12.2 Å². The fourth-order valence-corrected chi connectivity index (χ4v) is 3.12. The van der Waals surface area contributed by atoms with Crippen LogP contribution < -0.4 is 10.6 Å². The molecule has 20 heavy (non-hydrogen) atoms. The molecule has 2 N–H and O–H groups in total. The first kappa shape index (κ1) is 15.4. The van der Waals surface area contributed by atoms with Crippen LogP contribution in [-0.2, 0) is 4.79 Å². The molecule has 1 atom stereocenters. The highest BCUT2D eigenvalue weighted by atomic mass is 79.9. The van der Waals surface area contributed by atoms with Crippen LogP contribution in [0.25, 0.3) is 0 Å². The Bertz CT molecular complexity index is 513. The molecule has 1 aromatic carbocycles. The molecule has 2 rings (SSSR count). The molecule has 3 nitrogen and oxygen atoms in total. The Hall–Kier alpha value is -0.940. The third-order valence-electron chi connectivity index (χ3n) is 4.15. The van der Waals surface area contributed by atoms with Gasteiger partial charge >= 0.3 is 0 Å². The first-order valence-corrected chi connectivity index (χ1v) is 7.75. The maximum Gasteiger partial charge on any atom is 0.231 e. The molecule has 1 aromatic rings. The summed E-state index contributed by atoms with van der Waals surface area (Å²) in [5, 5.41) is 6.19. The number of halogens is 2. The highest BCUT2D eigenvalue weighted by molar-refractivity contribution is 9.10. The number of anilines is 1. The molecule has 110 valence electrons. The third kappa shape index (κ3) is 3.04. The summed E-state index contributed by atoms with van der Waals surface area (Å²) in [5.41, 5.74) is 1.02. The monoisotopic (exact) mass is 342 g/mol. The molecule has 0 aromatic heterocycles. The molecule has 0 radical (unpaired) electrons. The second-order valence-corrected chi connectivity index (χ2v) is 6.30. The summed E-state index contributed by atoms with van der Waals surface area (Å²) in [7, 11) is 0. The fraction of sp³-hybridized carbons (Fsp3) is 0.533. The summed E-state index contributed by atoms with van der Waals surface area (Å²) in [6.45, 7) is 5.54. The van der Waals surface area contributed by atoms with Crippen LogP contribution in [0.1, 0.15) is 31.7 Å². The van der Waals surface area contributed by atoms with Gasteiger partial charge in [-0.3, -0.25) is 4.79 Å². The Labute approximate surface area is 127 Å². The van der Waals surface area contributed by atoms with Gasteiger partial charge in [0.2, 0.25) is 5.91 Å². The number of amides is 1. The van der Waals surface area contributed by atoms with E-state index in [1.54, 1.807) is 6.07 Å². The van der Waals surface area contributed by atoms with Crippen molar-refractivity contribution in [1.29, 1.82) is 0 Å². The highest BCUT2D eigenvalue weighted by Gasteiger charge is 2.37. The summed E-state index contributed by atoms with van der Waals surface area (Å²) in [6, 6.07) is 3.06. The first-order valence-electron chi connectivity index (χ1n) is 6.96. The predicted octanol–water partition coefficient (Wildman–Crippen LogP) is 3.61. The summed E-state index contributed by atoms with van der Waals surface area (Å²) in [6.07, 6.45) is 2.65. The fourth-order valence-electron chi connectivity index (χ4n) is 2.66. The molecular weight excluding hydrogens is 323 g/mol. The standard InChI is InChI=1S/C15H20BrFN2O/c1-3-15(5-4-6-18-9-15)14(20)19-13-8-12(17)11(16)7-10(13)2/h7-8,18H,3-6,9H2,1-2H3,(H,19,20). The minimum atomic E-state index is -0.381. The van der Waals surface area contributed by atoms with E-state index < -0.39 is 0 Å². The zero-order valence-electron chi connectivity index (χ0n) is 11.9. The van der Waals surface area contributed by atoms with E-state index in [0.29, 0.717) is 16.7 Å². The Kier molecular flexibility index (Phi) is 4.81. The van der Waals surface area contributed by atoms with Crippen molar-refractivity contribution >= 4 is 27.5 Å². The summed E-state index contributed by atoms with van der Waals surface area (Å²) in [4.78, 5) is 12.6. The van der Waals surface area contributed by atoms with Gasteiger partial charge in [0.25, 0.3) is 0 Å². The minimum Gasteiger partial charge on any atom is -0.325 e. The molecule has 1 saturated heterocycles. The van der Waals surface area contributed by atoms with Gasteiger partial charge in [-0.05, 0) is 66.4 Å². The molecule has 1 fully saturated rings. The topological polar surface area (TPSA) is 41.1 Å². The van der Waals surface area contributed by atoms with Crippen molar-refractivity contribution in [3.63, 3.8) is 0 Å². The second-order valence-electron chi connectivity index (χ2n) is 5.45. The maximum atomic E-state index is 13.6. The average Bonchev–Trinajstić information content (AvgIpc) is 2.45. The zero-order chi connectivity index (χ0) is 14.8. The van der Waals surface area contributed by atoms with Gasteiger partial charge < -0.3 is 10.6 Å². The Balaban J connectivity index is 2.20. The highest BCUT2D eigenvalue weighted by Crippen LogP contribution is 2.32. The molecule has 1 aliphatic heterocycles. The SMILES string of the molecule is CCC1(C(=O)Nc2cc(F)c(Br)cc2C)CCCNC1. The first-order chi connectivity index (χ1) is 9.48. The van der Waals surface area contributed by atoms with Crippen LogP contribution in [0, 0.1) is 18.2 Å². The number of hydrogen-bond donors (Lipinski definition) is 2. The van der Waals surface area contributed by atoms with Crippen LogP contribution in [0.15, 0.2) is 16.6 Å². The van der Waals surface area contributed by atoms with Crippen LogP contribution in [0.5, 0.6) is 0 Å². The minimum absolute atomic E-state index is 0.0166. The molecule has 1 unspecified atom stereocenters. The largest absolute Gasteiger partial charge is 0.325 e. The van der Waals surface area contributed by atoms with Gasteiger partial charge in [-0.2, -0.15) is 0 Å². The number of benzene rings is 1. The normalized spacial score (nSPS) is 22.6. The van der Waals surface area contributed by atoms with Gasteiger partial charge in [0.15, 0.2) is 0 Å². The molecule has 0 spiro atoms. The lowest BCUT2D eigenvalue weighted by atomic mass is 9.77. The molecule has 1 amide bonds. The van der Waals surface area contributed by atoms with Gasteiger partial charge in [-0.25, -0.2) is 4.39 Å². The summed E-state index contributed by atoms with van der Waals surface area (Å²) < 4.78 is 14.0. The van der Waals surface area contributed by atoms with Crippen LogP contribution in [0.2, 0.25) is 0 Å². The molecular formula is C15H20BrFN2O. The Morgan fingerprint density at radius 2 is 2.30 bits per heavy atom. The lowest BCUT2D eigenvalue weighted by Gasteiger charge is -2.35. The van der Waals surface area contributed by atoms with E-state index in [9.17, 15) is 9.18 Å². The van der Waals surface area contributed by atoms with Crippen molar-refractivity contribution < 1.29 is 9.18 Å². The summed E-state index contributed by atoms with van der Waals surface area (Å²) >= 11 is 3.15. The van der Waals surface area contributed by atoms with Gasteiger partial charge in [-0.1, -0.05) is 6.92 Å². The number of piperidine rings is 1. The molecule has 1 aliphatic rings.